The number of ether oxygens (including phenoxy) is 2. The average Bonchev–Trinajstić information content (AvgIpc) is 3.65. The van der Waals surface area contributed by atoms with Crippen LogP contribution in [0.5, 0.6) is 0 Å². The molecule has 1 aliphatic heterocycles. The molecule has 1 aromatic carbocycles. The molecule has 1 saturated carbocycles. The van der Waals surface area contributed by atoms with Crippen LogP contribution in [0.2, 0.25) is 5.02 Å². The maximum atomic E-state index is 12.3. The first-order valence-electron chi connectivity index (χ1n) is 12.1. The van der Waals surface area contributed by atoms with Crippen LogP contribution in [0.1, 0.15) is 24.1 Å². The lowest BCUT2D eigenvalue weighted by Gasteiger charge is -2.36. The molecule has 14 heteroatoms. The van der Waals surface area contributed by atoms with Gasteiger partial charge in [-0.3, -0.25) is 0 Å². The van der Waals surface area contributed by atoms with Crippen molar-refractivity contribution in [2.75, 3.05) is 62.0 Å². The summed E-state index contributed by atoms with van der Waals surface area (Å²) in [4.78, 5) is 24.8. The van der Waals surface area contributed by atoms with Crippen molar-refractivity contribution >= 4 is 46.5 Å². The second-order valence-electron chi connectivity index (χ2n) is 8.87. The minimum atomic E-state index is -0.389. The fraction of sp³-hybridized carbons (Fsp3) is 0.417. The summed E-state index contributed by atoms with van der Waals surface area (Å²) in [5, 5.41) is 30.4. The monoisotopic (exact) mass is 536 g/mol. The Labute approximate surface area is 223 Å². The van der Waals surface area contributed by atoms with Crippen molar-refractivity contribution in [1.82, 2.24) is 24.5 Å². The van der Waals surface area contributed by atoms with Gasteiger partial charge in [-0.1, -0.05) is 11.6 Å². The van der Waals surface area contributed by atoms with E-state index >= 15 is 0 Å². The SMILES string of the molecule is COCCOC(=O)N1CCN(c2cc(C#N)cc(Nc3nc(NC4CC4)c4ncc(C#N)n4n3)c2Cl)CC1. The maximum absolute atomic E-state index is 12.3. The van der Waals surface area contributed by atoms with Gasteiger partial charge in [0.2, 0.25) is 5.95 Å². The third-order valence-electron chi connectivity index (χ3n) is 6.22. The molecule has 2 aromatic heterocycles. The van der Waals surface area contributed by atoms with Crippen LogP contribution in [-0.2, 0) is 9.47 Å². The number of anilines is 4. The summed E-state index contributed by atoms with van der Waals surface area (Å²) in [7, 11) is 1.55. The molecule has 0 spiro atoms. The molecule has 3 heterocycles. The summed E-state index contributed by atoms with van der Waals surface area (Å²) in [6.45, 7) is 2.43. The predicted molar refractivity (Wildman–Crippen MR) is 139 cm³/mol. The minimum absolute atomic E-state index is 0.196. The number of halogens is 1. The Kier molecular flexibility index (Phi) is 7.31. The minimum Gasteiger partial charge on any atom is -0.447 e. The Balaban J connectivity index is 1.38. The van der Waals surface area contributed by atoms with E-state index in [1.54, 1.807) is 24.1 Å². The Morgan fingerprint density at radius 1 is 1.18 bits per heavy atom. The molecule has 1 amide bonds. The lowest BCUT2D eigenvalue weighted by atomic mass is 10.1. The molecule has 0 radical (unpaired) electrons. The van der Waals surface area contributed by atoms with Crippen LogP contribution in [0, 0.1) is 22.7 Å². The van der Waals surface area contributed by atoms with Gasteiger partial charge in [0.25, 0.3) is 0 Å². The number of amides is 1. The van der Waals surface area contributed by atoms with Gasteiger partial charge in [0, 0.05) is 39.3 Å². The number of fused-ring (bicyclic) bond motifs is 1. The zero-order chi connectivity index (χ0) is 26.6. The Morgan fingerprint density at radius 3 is 2.66 bits per heavy atom. The smallest absolute Gasteiger partial charge is 0.409 e. The first-order chi connectivity index (χ1) is 18.5. The standard InChI is InChI=1S/C24H25ClN10O3/c1-37-8-9-38-24(36)34-6-4-33(5-7-34)19-11-15(12-26)10-18(20(19)25)30-23-31-21(29-16-2-3-16)22-28-14-17(13-27)35(22)32-23/h10-11,14,16H,2-9H2,1H3,(H2,29,30,31,32). The van der Waals surface area contributed by atoms with Gasteiger partial charge in [0.05, 0.1) is 40.8 Å². The summed E-state index contributed by atoms with van der Waals surface area (Å²) < 4.78 is 11.5. The molecule has 1 aliphatic carbocycles. The number of rotatable bonds is 8. The van der Waals surface area contributed by atoms with E-state index in [4.69, 9.17) is 21.1 Å². The second kappa shape index (κ2) is 11.0. The average molecular weight is 537 g/mol. The maximum Gasteiger partial charge on any atom is 0.409 e. The lowest BCUT2D eigenvalue weighted by Crippen LogP contribution is -2.49. The van der Waals surface area contributed by atoms with Crippen molar-refractivity contribution in [3.05, 3.63) is 34.6 Å². The van der Waals surface area contributed by atoms with Crippen LogP contribution in [0.25, 0.3) is 5.65 Å². The van der Waals surface area contributed by atoms with Gasteiger partial charge < -0.3 is 29.9 Å². The van der Waals surface area contributed by atoms with Gasteiger partial charge in [-0.15, -0.1) is 5.10 Å². The summed E-state index contributed by atoms with van der Waals surface area (Å²) in [5.74, 6) is 0.703. The predicted octanol–water partition coefficient (Wildman–Crippen LogP) is 2.74. The number of imidazole rings is 1. The summed E-state index contributed by atoms with van der Waals surface area (Å²) >= 11 is 6.82. The highest BCUT2D eigenvalue weighted by atomic mass is 35.5. The first kappa shape index (κ1) is 25.3. The molecular weight excluding hydrogens is 512 g/mol. The number of carbonyl (C=O) groups is 1. The van der Waals surface area contributed by atoms with Gasteiger partial charge >= 0.3 is 6.09 Å². The van der Waals surface area contributed by atoms with Crippen molar-refractivity contribution in [1.29, 1.82) is 10.5 Å². The number of benzene rings is 1. The van der Waals surface area contributed by atoms with E-state index in [1.165, 1.54) is 10.7 Å². The summed E-state index contributed by atoms with van der Waals surface area (Å²) in [6, 6.07) is 7.89. The third kappa shape index (κ3) is 5.34. The highest BCUT2D eigenvalue weighted by Crippen LogP contribution is 2.36. The van der Waals surface area contributed by atoms with E-state index in [-0.39, 0.29) is 24.3 Å². The molecule has 3 aromatic rings. The van der Waals surface area contributed by atoms with E-state index in [2.05, 4.69) is 37.8 Å². The van der Waals surface area contributed by atoms with Crippen molar-refractivity contribution in [2.24, 2.45) is 0 Å². The number of hydrogen-bond donors (Lipinski definition) is 2. The zero-order valence-corrected chi connectivity index (χ0v) is 21.4. The van der Waals surface area contributed by atoms with Crippen molar-refractivity contribution in [3.8, 4) is 12.1 Å². The van der Waals surface area contributed by atoms with Crippen LogP contribution in [0.4, 0.5) is 27.9 Å². The normalized spacial score (nSPS) is 15.2. The Bertz CT molecular complexity index is 1430. The van der Waals surface area contributed by atoms with E-state index in [1.807, 2.05) is 4.90 Å². The number of hydrogen-bond acceptors (Lipinski definition) is 11. The quantitative estimate of drug-likeness (QED) is 0.408. The van der Waals surface area contributed by atoms with Crippen LogP contribution in [0.3, 0.4) is 0 Å². The number of piperazine rings is 1. The largest absolute Gasteiger partial charge is 0.447 e. The third-order valence-corrected chi connectivity index (χ3v) is 6.61. The zero-order valence-electron chi connectivity index (χ0n) is 20.6. The first-order valence-corrected chi connectivity index (χ1v) is 12.5. The molecule has 0 bridgehead atoms. The Morgan fingerprint density at radius 2 is 1.97 bits per heavy atom. The van der Waals surface area contributed by atoms with Crippen LogP contribution >= 0.6 is 11.6 Å². The van der Waals surface area contributed by atoms with Gasteiger partial charge in [-0.2, -0.15) is 20.0 Å². The van der Waals surface area contributed by atoms with E-state index in [0.717, 1.165) is 12.8 Å². The molecule has 1 saturated heterocycles. The number of nitriles is 2. The molecule has 0 atom stereocenters. The lowest BCUT2D eigenvalue weighted by molar-refractivity contribution is 0.0705. The van der Waals surface area contributed by atoms with E-state index < -0.39 is 0 Å². The molecule has 196 valence electrons. The molecule has 2 N–H and O–H groups in total. The molecule has 38 heavy (non-hydrogen) atoms. The number of nitrogens with one attached hydrogen (secondary N) is 2. The topological polar surface area (TPSA) is 157 Å². The van der Waals surface area contributed by atoms with Gasteiger partial charge in [-0.25, -0.2) is 9.78 Å². The molecule has 2 aliphatic rings. The number of nitrogens with zero attached hydrogens (tertiary/aromatic N) is 8. The van der Waals surface area contributed by atoms with E-state index in [0.29, 0.717) is 72.3 Å². The van der Waals surface area contributed by atoms with E-state index in [9.17, 15) is 15.3 Å². The van der Waals surface area contributed by atoms with Crippen LogP contribution in [0.15, 0.2) is 18.3 Å². The molecular formula is C24H25ClN10O3. The molecule has 0 unspecified atom stereocenters. The fourth-order valence-electron chi connectivity index (χ4n) is 4.08. The van der Waals surface area contributed by atoms with Gasteiger partial charge in [0.1, 0.15) is 12.7 Å². The van der Waals surface area contributed by atoms with Crippen LogP contribution in [-0.4, -0.2) is 83.1 Å². The van der Waals surface area contributed by atoms with Crippen molar-refractivity contribution in [2.45, 2.75) is 18.9 Å². The summed E-state index contributed by atoms with van der Waals surface area (Å²) in [6.07, 6.45) is 3.12. The molecule has 13 nitrogen and oxygen atoms in total. The molecule has 2 fully saturated rings. The van der Waals surface area contributed by atoms with Gasteiger partial charge in [0.15, 0.2) is 17.2 Å². The number of aromatic nitrogens is 4. The highest BCUT2D eigenvalue weighted by Gasteiger charge is 2.26. The van der Waals surface area contributed by atoms with Crippen molar-refractivity contribution in [3.63, 3.8) is 0 Å². The fourth-order valence-corrected chi connectivity index (χ4v) is 4.35. The number of carbonyl (C=O) groups excluding carboxylic acids is 1. The molecule has 5 rings (SSSR count). The van der Waals surface area contributed by atoms with Gasteiger partial charge in [-0.05, 0) is 25.0 Å². The Hall–Kier alpha value is -4.33. The summed E-state index contributed by atoms with van der Waals surface area (Å²) in [5.41, 5.74) is 2.21. The van der Waals surface area contributed by atoms with Crippen molar-refractivity contribution < 1.29 is 14.3 Å². The number of methoxy groups -OCH3 is 1. The highest BCUT2D eigenvalue weighted by molar-refractivity contribution is 6.36. The van der Waals surface area contributed by atoms with Crippen LogP contribution < -0.4 is 15.5 Å². The second-order valence-corrected chi connectivity index (χ2v) is 9.25.